The van der Waals surface area contributed by atoms with Crippen LogP contribution >= 0.6 is 0 Å². The van der Waals surface area contributed by atoms with Gasteiger partial charge in [0.1, 0.15) is 0 Å². The van der Waals surface area contributed by atoms with Gasteiger partial charge in [0.15, 0.2) is 11.3 Å². The van der Waals surface area contributed by atoms with Crippen LogP contribution in [-0.4, -0.2) is 52.1 Å². The van der Waals surface area contributed by atoms with E-state index in [4.69, 9.17) is 14.2 Å². The summed E-state index contributed by atoms with van der Waals surface area (Å²) in [6.45, 7) is 4.01. The SMILES string of the molecule is CCOC(=O)Cc1c(C(=O)OCC)nnc2c(-c3ccccc3)c(COC)nn12. The van der Waals surface area contributed by atoms with E-state index in [1.807, 2.05) is 30.3 Å². The summed E-state index contributed by atoms with van der Waals surface area (Å²) in [6.07, 6.45) is -0.198. The Balaban J connectivity index is 2.25. The quantitative estimate of drug-likeness (QED) is 0.532. The molecule has 0 saturated carbocycles. The van der Waals surface area contributed by atoms with Crippen LogP contribution in [0, 0.1) is 0 Å². The minimum atomic E-state index is -0.675. The molecule has 0 aliphatic heterocycles. The van der Waals surface area contributed by atoms with Crippen LogP contribution in [0.1, 0.15) is 35.7 Å². The van der Waals surface area contributed by atoms with Gasteiger partial charge in [0, 0.05) is 7.11 Å². The van der Waals surface area contributed by atoms with Crippen molar-refractivity contribution in [3.8, 4) is 11.1 Å². The van der Waals surface area contributed by atoms with Crippen LogP contribution in [0.4, 0.5) is 0 Å². The average molecular weight is 398 g/mol. The topological polar surface area (TPSA) is 105 Å². The lowest BCUT2D eigenvalue weighted by molar-refractivity contribution is -0.142. The maximum Gasteiger partial charge on any atom is 0.360 e. The predicted octanol–water partition coefficient (Wildman–Crippen LogP) is 2.22. The zero-order chi connectivity index (χ0) is 20.8. The molecule has 3 rings (SSSR count). The van der Waals surface area contributed by atoms with Crippen molar-refractivity contribution in [2.45, 2.75) is 26.9 Å². The molecule has 9 heteroatoms. The Morgan fingerprint density at radius 1 is 1.03 bits per heavy atom. The second kappa shape index (κ2) is 9.24. The van der Waals surface area contributed by atoms with Crippen molar-refractivity contribution in [1.29, 1.82) is 0 Å². The number of carbonyl (C=O) groups is 2. The van der Waals surface area contributed by atoms with E-state index in [2.05, 4.69) is 15.3 Å². The molecule has 0 amide bonds. The Hall–Kier alpha value is -3.33. The molecule has 2 aromatic heterocycles. The summed E-state index contributed by atoms with van der Waals surface area (Å²) in [5, 5.41) is 12.9. The third kappa shape index (κ3) is 4.24. The highest BCUT2D eigenvalue weighted by Gasteiger charge is 2.26. The Bertz CT molecular complexity index is 1020. The lowest BCUT2D eigenvalue weighted by atomic mass is 10.1. The van der Waals surface area contributed by atoms with Crippen molar-refractivity contribution in [2.24, 2.45) is 0 Å². The summed E-state index contributed by atoms with van der Waals surface area (Å²) in [5.74, 6) is -1.18. The van der Waals surface area contributed by atoms with Gasteiger partial charge in [0.25, 0.3) is 0 Å². The molecule has 29 heavy (non-hydrogen) atoms. The third-order valence-electron chi connectivity index (χ3n) is 4.14. The Morgan fingerprint density at radius 2 is 1.76 bits per heavy atom. The lowest BCUT2D eigenvalue weighted by Gasteiger charge is -2.09. The summed E-state index contributed by atoms with van der Waals surface area (Å²) in [7, 11) is 1.56. The number of methoxy groups -OCH3 is 1. The van der Waals surface area contributed by atoms with Crippen molar-refractivity contribution in [2.75, 3.05) is 20.3 Å². The van der Waals surface area contributed by atoms with Crippen molar-refractivity contribution in [3.05, 3.63) is 47.4 Å². The Kier molecular flexibility index (Phi) is 6.50. The summed E-state index contributed by atoms with van der Waals surface area (Å²) >= 11 is 0. The molecule has 0 N–H and O–H groups in total. The number of hydrogen-bond donors (Lipinski definition) is 0. The first-order chi connectivity index (χ1) is 14.1. The van der Waals surface area contributed by atoms with Crippen LogP contribution in [0.2, 0.25) is 0 Å². The molecule has 2 heterocycles. The largest absolute Gasteiger partial charge is 0.466 e. The fourth-order valence-corrected chi connectivity index (χ4v) is 2.99. The number of carbonyl (C=O) groups excluding carboxylic acids is 2. The number of hydrogen-bond acceptors (Lipinski definition) is 8. The highest BCUT2D eigenvalue weighted by atomic mass is 16.5. The Labute approximate surface area is 167 Å². The molecular weight excluding hydrogens is 376 g/mol. The lowest BCUT2D eigenvalue weighted by Crippen LogP contribution is -2.20. The molecule has 0 atom stereocenters. The van der Waals surface area contributed by atoms with E-state index < -0.39 is 11.9 Å². The van der Waals surface area contributed by atoms with Crippen molar-refractivity contribution in [1.82, 2.24) is 19.8 Å². The second-order valence-electron chi connectivity index (χ2n) is 6.05. The van der Waals surface area contributed by atoms with Crippen LogP contribution in [0.3, 0.4) is 0 Å². The summed E-state index contributed by atoms with van der Waals surface area (Å²) < 4.78 is 16.9. The van der Waals surface area contributed by atoms with E-state index in [0.717, 1.165) is 11.1 Å². The Morgan fingerprint density at radius 3 is 2.41 bits per heavy atom. The van der Waals surface area contributed by atoms with Gasteiger partial charge in [0.2, 0.25) is 0 Å². The van der Waals surface area contributed by atoms with Crippen molar-refractivity contribution >= 4 is 17.6 Å². The highest BCUT2D eigenvalue weighted by molar-refractivity contribution is 5.91. The highest BCUT2D eigenvalue weighted by Crippen LogP contribution is 2.29. The van der Waals surface area contributed by atoms with Crippen LogP contribution < -0.4 is 0 Å². The summed E-state index contributed by atoms with van der Waals surface area (Å²) in [6, 6.07) is 9.54. The van der Waals surface area contributed by atoms with Gasteiger partial charge in [-0.25, -0.2) is 9.31 Å². The average Bonchev–Trinajstić information content (AvgIpc) is 3.08. The molecule has 1 aromatic carbocycles. The minimum absolute atomic E-state index is 0.0709. The van der Waals surface area contributed by atoms with E-state index in [1.165, 1.54) is 4.52 Å². The molecule has 3 aromatic rings. The molecule has 0 radical (unpaired) electrons. The maximum atomic E-state index is 12.4. The fourth-order valence-electron chi connectivity index (χ4n) is 2.99. The smallest absolute Gasteiger partial charge is 0.360 e. The van der Waals surface area contributed by atoms with Gasteiger partial charge < -0.3 is 14.2 Å². The van der Waals surface area contributed by atoms with Gasteiger partial charge in [-0.2, -0.15) is 5.10 Å². The van der Waals surface area contributed by atoms with Crippen LogP contribution in [-0.2, 0) is 32.0 Å². The zero-order valence-electron chi connectivity index (χ0n) is 16.5. The van der Waals surface area contributed by atoms with Crippen molar-refractivity contribution in [3.63, 3.8) is 0 Å². The molecular formula is C20H22N4O5. The molecule has 9 nitrogen and oxygen atoms in total. The monoisotopic (exact) mass is 398 g/mol. The molecule has 0 fully saturated rings. The van der Waals surface area contributed by atoms with E-state index in [9.17, 15) is 9.59 Å². The molecule has 0 aliphatic carbocycles. The van der Waals surface area contributed by atoms with Gasteiger partial charge in [-0.3, -0.25) is 4.79 Å². The van der Waals surface area contributed by atoms with Crippen LogP contribution in [0.15, 0.2) is 30.3 Å². The number of ether oxygens (including phenoxy) is 3. The molecule has 0 spiro atoms. The molecule has 152 valence electrons. The molecule has 0 unspecified atom stereocenters. The van der Waals surface area contributed by atoms with E-state index in [0.29, 0.717) is 11.3 Å². The van der Waals surface area contributed by atoms with Gasteiger partial charge >= 0.3 is 11.9 Å². The van der Waals surface area contributed by atoms with Crippen LogP contribution in [0.25, 0.3) is 16.8 Å². The number of benzene rings is 1. The zero-order valence-corrected chi connectivity index (χ0v) is 16.5. The summed E-state index contributed by atoms with van der Waals surface area (Å²) in [4.78, 5) is 24.6. The van der Waals surface area contributed by atoms with E-state index >= 15 is 0 Å². The third-order valence-corrected chi connectivity index (χ3v) is 4.14. The first-order valence-electron chi connectivity index (χ1n) is 9.24. The number of esters is 2. The number of aromatic nitrogens is 4. The number of rotatable bonds is 8. The van der Waals surface area contributed by atoms with Gasteiger partial charge in [-0.15, -0.1) is 10.2 Å². The molecule has 0 saturated heterocycles. The predicted molar refractivity (Wildman–Crippen MR) is 103 cm³/mol. The standard InChI is InChI=1S/C20H22N4O5/c1-4-28-16(25)11-15-18(20(26)29-5-2)21-22-19-17(13-9-7-6-8-10-13)14(12-27-3)23-24(15)19/h6-10H,4-5,11-12H2,1-3H3. The van der Waals surface area contributed by atoms with Gasteiger partial charge in [0.05, 0.1) is 43.2 Å². The maximum absolute atomic E-state index is 12.4. The van der Waals surface area contributed by atoms with Gasteiger partial charge in [-0.1, -0.05) is 30.3 Å². The molecule has 0 aliphatic rings. The number of nitrogens with zero attached hydrogens (tertiary/aromatic N) is 4. The first-order valence-corrected chi connectivity index (χ1v) is 9.24. The van der Waals surface area contributed by atoms with E-state index in [-0.39, 0.29) is 37.6 Å². The van der Waals surface area contributed by atoms with Gasteiger partial charge in [-0.05, 0) is 19.4 Å². The van der Waals surface area contributed by atoms with Crippen LogP contribution in [0.5, 0.6) is 0 Å². The summed E-state index contributed by atoms with van der Waals surface area (Å²) in [5.41, 5.74) is 2.80. The first kappa shape index (κ1) is 20.4. The van der Waals surface area contributed by atoms with E-state index in [1.54, 1.807) is 21.0 Å². The molecule has 0 bridgehead atoms. The second-order valence-corrected chi connectivity index (χ2v) is 6.05. The number of fused-ring (bicyclic) bond motifs is 1. The fraction of sp³-hybridized carbons (Fsp3) is 0.350. The normalized spacial score (nSPS) is 10.9. The minimum Gasteiger partial charge on any atom is -0.466 e. The van der Waals surface area contributed by atoms with Crippen molar-refractivity contribution < 1.29 is 23.8 Å².